The molecule has 4 aliphatic rings. The normalized spacial score (nSPS) is 32.3. The van der Waals surface area contributed by atoms with E-state index in [9.17, 15) is 4.79 Å². The fraction of sp³-hybridized carbons (Fsp3) is 0.619. The lowest BCUT2D eigenvalue weighted by Gasteiger charge is -2.56. The van der Waals surface area contributed by atoms with Crippen molar-refractivity contribution in [3.05, 3.63) is 24.3 Å². The van der Waals surface area contributed by atoms with E-state index in [0.717, 1.165) is 35.3 Å². The van der Waals surface area contributed by atoms with Crippen molar-refractivity contribution in [1.82, 2.24) is 9.88 Å². The van der Waals surface area contributed by atoms with Crippen molar-refractivity contribution in [2.75, 3.05) is 5.73 Å². The van der Waals surface area contributed by atoms with Crippen LogP contribution in [-0.2, 0) is 17.9 Å². The molecule has 3 N–H and O–H groups in total. The molecule has 0 unspecified atom stereocenters. The van der Waals surface area contributed by atoms with Gasteiger partial charge in [-0.1, -0.05) is 12.1 Å². The summed E-state index contributed by atoms with van der Waals surface area (Å²) in [5, 5.41) is 3.47. The van der Waals surface area contributed by atoms with E-state index in [1.54, 1.807) is 0 Å². The Bertz CT molecular complexity index is 833. The number of aryl methyl sites for hydroxylation is 1. The van der Waals surface area contributed by atoms with Crippen LogP contribution in [0.3, 0.4) is 0 Å². The van der Waals surface area contributed by atoms with Crippen LogP contribution in [0.1, 0.15) is 45.4 Å². The van der Waals surface area contributed by atoms with Crippen molar-refractivity contribution < 1.29 is 9.36 Å². The number of fused-ring (bicyclic) bond motifs is 1. The van der Waals surface area contributed by atoms with E-state index >= 15 is 0 Å². The van der Waals surface area contributed by atoms with Gasteiger partial charge in [-0.05, 0) is 75.3 Å². The van der Waals surface area contributed by atoms with Crippen LogP contribution in [0.25, 0.3) is 11.0 Å². The first-order valence-electron chi connectivity index (χ1n) is 10.1. The molecule has 1 aromatic heterocycles. The maximum absolute atomic E-state index is 13.0. The fourth-order valence-corrected chi connectivity index (χ4v) is 6.55. The van der Waals surface area contributed by atoms with E-state index in [1.807, 2.05) is 16.7 Å². The minimum atomic E-state index is 0.0598. The molecule has 1 amide bonds. The number of nitrogens with zero attached hydrogens (tertiary/aromatic N) is 2. The first-order valence-corrected chi connectivity index (χ1v) is 10.1. The largest absolute Gasteiger partial charge is 0.356 e. The van der Waals surface area contributed by atoms with Crippen molar-refractivity contribution in [2.45, 2.75) is 64.1 Å². The number of carbonyl (C=O) groups excluding carboxylic acids is 1. The molecule has 2 aromatic rings. The van der Waals surface area contributed by atoms with Gasteiger partial charge in [-0.3, -0.25) is 10.5 Å². The number of carbonyl (C=O) groups is 1. The number of amides is 1. The van der Waals surface area contributed by atoms with Gasteiger partial charge < -0.3 is 5.32 Å². The molecule has 26 heavy (non-hydrogen) atoms. The SMILES string of the molecule is CCn1c(N)[n+](CC(=O)NC23CC4CC(CC(C4)C2)C3)c2ccccc21. The zero-order valence-corrected chi connectivity index (χ0v) is 15.6. The zero-order valence-electron chi connectivity index (χ0n) is 15.6. The molecule has 5 nitrogen and oxygen atoms in total. The third-order valence-corrected chi connectivity index (χ3v) is 7.08. The number of hydrogen-bond donors (Lipinski definition) is 2. The Balaban J connectivity index is 1.40. The zero-order chi connectivity index (χ0) is 17.9. The van der Waals surface area contributed by atoms with Gasteiger partial charge in [0.2, 0.25) is 0 Å². The monoisotopic (exact) mass is 353 g/mol. The second-order valence-corrected chi connectivity index (χ2v) is 8.92. The molecule has 0 atom stereocenters. The molecule has 4 aliphatic carbocycles. The Morgan fingerprint density at radius 3 is 2.42 bits per heavy atom. The van der Waals surface area contributed by atoms with E-state index in [-0.39, 0.29) is 11.4 Å². The second-order valence-electron chi connectivity index (χ2n) is 8.92. The third-order valence-electron chi connectivity index (χ3n) is 7.08. The summed E-state index contributed by atoms with van der Waals surface area (Å²) in [7, 11) is 0. The molecule has 4 bridgehead atoms. The summed E-state index contributed by atoms with van der Waals surface area (Å²) < 4.78 is 4.04. The topological polar surface area (TPSA) is 63.9 Å². The number of para-hydroxylation sites is 2. The van der Waals surface area contributed by atoms with Crippen molar-refractivity contribution in [2.24, 2.45) is 17.8 Å². The Morgan fingerprint density at radius 2 is 1.81 bits per heavy atom. The number of imidazole rings is 1. The highest BCUT2D eigenvalue weighted by Crippen LogP contribution is 2.55. The van der Waals surface area contributed by atoms with Gasteiger partial charge in [-0.2, -0.15) is 0 Å². The summed E-state index contributed by atoms with van der Waals surface area (Å²) in [6, 6.07) is 8.15. The molecular weight excluding hydrogens is 324 g/mol. The van der Waals surface area contributed by atoms with E-state index in [0.29, 0.717) is 12.5 Å². The number of rotatable bonds is 4. The van der Waals surface area contributed by atoms with E-state index in [2.05, 4.69) is 28.9 Å². The number of benzene rings is 1. The van der Waals surface area contributed by atoms with Crippen molar-refractivity contribution in [1.29, 1.82) is 0 Å². The van der Waals surface area contributed by atoms with Crippen LogP contribution in [-0.4, -0.2) is 16.0 Å². The van der Waals surface area contributed by atoms with Crippen molar-refractivity contribution >= 4 is 22.9 Å². The maximum Gasteiger partial charge on any atom is 0.356 e. The number of nitrogen functional groups attached to an aromatic ring is 1. The van der Waals surface area contributed by atoms with Gasteiger partial charge in [0.1, 0.15) is 11.0 Å². The minimum Gasteiger partial charge on any atom is -0.348 e. The van der Waals surface area contributed by atoms with Gasteiger partial charge in [0.15, 0.2) is 6.54 Å². The molecular formula is C21H29N4O+. The maximum atomic E-state index is 13.0. The Labute approximate surface area is 154 Å². The van der Waals surface area contributed by atoms with Gasteiger partial charge in [-0.15, -0.1) is 0 Å². The van der Waals surface area contributed by atoms with Gasteiger partial charge in [-0.25, -0.2) is 9.13 Å². The fourth-order valence-electron chi connectivity index (χ4n) is 6.55. The highest BCUT2D eigenvalue weighted by molar-refractivity contribution is 5.78. The predicted molar refractivity (Wildman–Crippen MR) is 101 cm³/mol. The van der Waals surface area contributed by atoms with Crippen LogP contribution in [0.15, 0.2) is 24.3 Å². The summed E-state index contributed by atoms with van der Waals surface area (Å²) in [4.78, 5) is 13.0. The first kappa shape index (κ1) is 16.2. The average Bonchev–Trinajstić information content (AvgIpc) is 2.85. The number of anilines is 1. The molecule has 4 saturated carbocycles. The van der Waals surface area contributed by atoms with Crippen molar-refractivity contribution in [3.8, 4) is 0 Å². The Morgan fingerprint density at radius 1 is 1.19 bits per heavy atom. The Hall–Kier alpha value is -2.04. The first-order chi connectivity index (χ1) is 12.6. The molecule has 0 spiro atoms. The molecule has 0 saturated heterocycles. The molecule has 1 aromatic carbocycles. The van der Waals surface area contributed by atoms with E-state index in [1.165, 1.54) is 38.5 Å². The Kier molecular flexibility index (Phi) is 3.56. The summed E-state index contributed by atoms with van der Waals surface area (Å²) in [5.74, 6) is 3.28. The summed E-state index contributed by atoms with van der Waals surface area (Å²) >= 11 is 0. The number of nitrogens with two attached hydrogens (primary N) is 1. The van der Waals surface area contributed by atoms with Gasteiger partial charge >= 0.3 is 5.95 Å². The molecule has 1 heterocycles. The summed E-state index contributed by atoms with van der Waals surface area (Å²) in [5.41, 5.74) is 8.57. The highest BCUT2D eigenvalue weighted by atomic mass is 16.2. The average molecular weight is 353 g/mol. The van der Waals surface area contributed by atoms with Crippen LogP contribution in [0.5, 0.6) is 0 Å². The van der Waals surface area contributed by atoms with Crippen LogP contribution in [0.2, 0.25) is 0 Å². The van der Waals surface area contributed by atoms with Crippen LogP contribution < -0.4 is 15.6 Å². The van der Waals surface area contributed by atoms with Crippen LogP contribution in [0, 0.1) is 17.8 Å². The lowest BCUT2D eigenvalue weighted by Crippen LogP contribution is -2.61. The van der Waals surface area contributed by atoms with Gasteiger partial charge in [0.25, 0.3) is 5.91 Å². The lowest BCUT2D eigenvalue weighted by molar-refractivity contribution is -0.644. The lowest BCUT2D eigenvalue weighted by atomic mass is 9.53. The standard InChI is InChI=1S/C21H28N4O/c1-2-24-17-5-3-4-6-18(17)25(20(24)22)13-19(26)23-21-10-14-7-15(11-21)9-16(8-14)12-21/h3-6,14-16,22H,2,7-13H2,1H3,(H,23,26)/p+1. The van der Waals surface area contributed by atoms with E-state index < -0.39 is 0 Å². The predicted octanol–water partition coefficient (Wildman–Crippen LogP) is 2.62. The minimum absolute atomic E-state index is 0.0598. The van der Waals surface area contributed by atoms with Crippen LogP contribution in [0.4, 0.5) is 5.95 Å². The quantitative estimate of drug-likeness (QED) is 0.830. The number of aromatic nitrogens is 2. The number of nitrogens with one attached hydrogen (secondary N) is 1. The number of hydrogen-bond acceptors (Lipinski definition) is 2. The molecule has 4 fully saturated rings. The molecule has 138 valence electrons. The third kappa shape index (κ3) is 2.43. The molecule has 0 aliphatic heterocycles. The smallest absolute Gasteiger partial charge is 0.348 e. The van der Waals surface area contributed by atoms with Crippen molar-refractivity contribution in [3.63, 3.8) is 0 Å². The van der Waals surface area contributed by atoms with Gasteiger partial charge in [0.05, 0.1) is 6.54 Å². The summed E-state index contributed by atoms with van der Waals surface area (Å²) in [6.45, 7) is 3.19. The summed E-state index contributed by atoms with van der Waals surface area (Å²) in [6.07, 6.45) is 7.72. The van der Waals surface area contributed by atoms with E-state index in [4.69, 9.17) is 5.73 Å². The molecule has 6 rings (SSSR count). The highest BCUT2D eigenvalue weighted by Gasteiger charge is 2.51. The second kappa shape index (κ2) is 5.73. The molecule has 0 radical (unpaired) electrons. The molecule has 5 heteroatoms. The van der Waals surface area contributed by atoms with Crippen LogP contribution >= 0.6 is 0 Å². The van der Waals surface area contributed by atoms with Gasteiger partial charge in [0, 0.05) is 5.54 Å².